The largest absolute Gasteiger partial charge is 0.465 e. The minimum Gasteiger partial charge on any atom is -0.465 e. The lowest BCUT2D eigenvalue weighted by Crippen LogP contribution is -2.45. The average molecular weight is 248 g/mol. The summed E-state index contributed by atoms with van der Waals surface area (Å²) in [6, 6.07) is 3.71. The van der Waals surface area contributed by atoms with E-state index in [0.29, 0.717) is 25.9 Å². The second-order valence-corrected chi connectivity index (χ2v) is 4.49. The third-order valence-electron chi connectivity index (χ3n) is 3.19. The topological polar surface area (TPSA) is 73.7 Å². The van der Waals surface area contributed by atoms with Crippen LogP contribution in [0.4, 0.5) is 4.79 Å². The van der Waals surface area contributed by atoms with Gasteiger partial charge in [-0.05, 0) is 30.5 Å². The molecule has 0 radical (unpaired) electrons. The van der Waals surface area contributed by atoms with E-state index in [1.165, 1.54) is 4.90 Å². The molecule has 18 heavy (non-hydrogen) atoms. The first kappa shape index (κ1) is 12.6. The standard InChI is InChI=1S/C13H16N2O3/c16-12(17)15-9-5-13(18,6-10-15)4-1-11-2-7-14-8-3-11/h1-4,7-8,18H,5-6,9-10H2,(H,16,17). The first-order valence-corrected chi connectivity index (χ1v) is 5.89. The van der Waals surface area contributed by atoms with Gasteiger partial charge in [0.25, 0.3) is 0 Å². The van der Waals surface area contributed by atoms with Gasteiger partial charge >= 0.3 is 6.09 Å². The third-order valence-corrected chi connectivity index (χ3v) is 3.19. The second kappa shape index (κ2) is 5.18. The van der Waals surface area contributed by atoms with Crippen molar-refractivity contribution in [2.45, 2.75) is 18.4 Å². The minimum atomic E-state index is -0.921. The summed E-state index contributed by atoms with van der Waals surface area (Å²) < 4.78 is 0. The van der Waals surface area contributed by atoms with Crippen LogP contribution in [0.25, 0.3) is 6.08 Å². The van der Waals surface area contributed by atoms with Crippen LogP contribution in [0.1, 0.15) is 18.4 Å². The number of hydrogen-bond acceptors (Lipinski definition) is 3. The summed E-state index contributed by atoms with van der Waals surface area (Å²) >= 11 is 0. The van der Waals surface area contributed by atoms with Crippen LogP contribution in [0.3, 0.4) is 0 Å². The minimum absolute atomic E-state index is 0.368. The molecule has 0 bridgehead atoms. The lowest BCUT2D eigenvalue weighted by atomic mass is 9.90. The van der Waals surface area contributed by atoms with E-state index in [9.17, 15) is 9.90 Å². The molecule has 0 unspecified atom stereocenters. The molecule has 1 fully saturated rings. The first-order valence-electron chi connectivity index (χ1n) is 5.89. The van der Waals surface area contributed by atoms with Crippen molar-refractivity contribution in [3.05, 3.63) is 36.2 Å². The van der Waals surface area contributed by atoms with Crippen molar-refractivity contribution in [1.29, 1.82) is 0 Å². The summed E-state index contributed by atoms with van der Waals surface area (Å²) in [6.45, 7) is 0.735. The van der Waals surface area contributed by atoms with Gasteiger partial charge < -0.3 is 15.1 Å². The van der Waals surface area contributed by atoms with Crippen LogP contribution in [-0.4, -0.2) is 44.9 Å². The van der Waals surface area contributed by atoms with Gasteiger partial charge in [0.15, 0.2) is 0 Å². The predicted octanol–water partition coefficient (Wildman–Crippen LogP) is 1.60. The number of aromatic nitrogens is 1. The number of aliphatic hydroxyl groups is 1. The molecular formula is C13H16N2O3. The Bertz CT molecular complexity index is 437. The fourth-order valence-corrected chi connectivity index (χ4v) is 1.98. The molecule has 1 saturated heterocycles. The summed E-state index contributed by atoms with van der Waals surface area (Å²) in [6.07, 6.45) is 6.92. The van der Waals surface area contributed by atoms with Gasteiger partial charge in [0.05, 0.1) is 5.60 Å². The molecule has 2 heterocycles. The molecule has 2 N–H and O–H groups in total. The maximum Gasteiger partial charge on any atom is 0.407 e. The lowest BCUT2D eigenvalue weighted by molar-refractivity contribution is 0.0227. The zero-order valence-electron chi connectivity index (χ0n) is 9.99. The van der Waals surface area contributed by atoms with Crippen molar-refractivity contribution in [2.75, 3.05) is 13.1 Å². The van der Waals surface area contributed by atoms with Gasteiger partial charge in [-0.25, -0.2) is 4.79 Å². The molecule has 5 heteroatoms. The van der Waals surface area contributed by atoms with E-state index in [-0.39, 0.29) is 0 Å². The highest BCUT2D eigenvalue weighted by Crippen LogP contribution is 2.24. The maximum absolute atomic E-state index is 10.8. The molecule has 1 aliphatic rings. The van der Waals surface area contributed by atoms with E-state index in [1.54, 1.807) is 18.5 Å². The van der Waals surface area contributed by atoms with Gasteiger partial charge in [-0.15, -0.1) is 0 Å². The van der Waals surface area contributed by atoms with Crippen LogP contribution >= 0.6 is 0 Å². The fourth-order valence-electron chi connectivity index (χ4n) is 1.98. The number of hydrogen-bond donors (Lipinski definition) is 2. The smallest absolute Gasteiger partial charge is 0.407 e. The van der Waals surface area contributed by atoms with Gasteiger partial charge in [-0.2, -0.15) is 0 Å². The summed E-state index contributed by atoms with van der Waals surface area (Å²) in [5.74, 6) is 0. The lowest BCUT2D eigenvalue weighted by Gasteiger charge is -2.34. The number of pyridine rings is 1. The Morgan fingerprint density at radius 1 is 1.33 bits per heavy atom. The van der Waals surface area contributed by atoms with Gasteiger partial charge in [0.2, 0.25) is 0 Å². The van der Waals surface area contributed by atoms with Crippen LogP contribution in [0.15, 0.2) is 30.6 Å². The zero-order chi connectivity index (χ0) is 13.0. The van der Waals surface area contributed by atoms with E-state index < -0.39 is 11.7 Å². The Balaban J connectivity index is 1.98. The van der Waals surface area contributed by atoms with E-state index in [1.807, 2.05) is 18.2 Å². The molecule has 1 aliphatic heterocycles. The van der Waals surface area contributed by atoms with Crippen molar-refractivity contribution in [3.8, 4) is 0 Å². The van der Waals surface area contributed by atoms with E-state index in [2.05, 4.69) is 4.98 Å². The summed E-state index contributed by atoms with van der Waals surface area (Å²) in [5.41, 5.74) is 0.0639. The molecule has 0 spiro atoms. The molecule has 1 amide bonds. The Labute approximate surface area is 105 Å². The molecular weight excluding hydrogens is 232 g/mol. The second-order valence-electron chi connectivity index (χ2n) is 4.49. The monoisotopic (exact) mass is 248 g/mol. The van der Waals surface area contributed by atoms with Gasteiger partial charge in [-0.1, -0.05) is 12.2 Å². The highest BCUT2D eigenvalue weighted by Gasteiger charge is 2.31. The van der Waals surface area contributed by atoms with E-state index >= 15 is 0 Å². The van der Waals surface area contributed by atoms with Crippen LogP contribution in [0.5, 0.6) is 0 Å². The molecule has 2 rings (SSSR count). The van der Waals surface area contributed by atoms with Gasteiger partial charge in [0, 0.05) is 25.5 Å². The van der Waals surface area contributed by atoms with Crippen LogP contribution < -0.4 is 0 Å². The van der Waals surface area contributed by atoms with Crippen molar-refractivity contribution >= 4 is 12.2 Å². The number of carbonyl (C=O) groups is 1. The zero-order valence-corrected chi connectivity index (χ0v) is 9.99. The average Bonchev–Trinajstić information content (AvgIpc) is 2.38. The summed E-state index contributed by atoms with van der Waals surface area (Å²) in [4.78, 5) is 16.0. The molecule has 1 aromatic heterocycles. The van der Waals surface area contributed by atoms with E-state index in [0.717, 1.165) is 5.56 Å². The van der Waals surface area contributed by atoms with Crippen molar-refractivity contribution in [2.24, 2.45) is 0 Å². The van der Waals surface area contributed by atoms with Crippen LogP contribution in [0.2, 0.25) is 0 Å². The quantitative estimate of drug-likeness (QED) is 0.833. The first-order chi connectivity index (χ1) is 8.59. The van der Waals surface area contributed by atoms with Gasteiger partial charge in [-0.3, -0.25) is 4.98 Å². The Morgan fingerprint density at radius 3 is 2.50 bits per heavy atom. The Morgan fingerprint density at radius 2 is 1.94 bits per heavy atom. The number of rotatable bonds is 2. The number of carboxylic acid groups (broad SMARTS) is 1. The molecule has 0 aliphatic carbocycles. The predicted molar refractivity (Wildman–Crippen MR) is 67.1 cm³/mol. The Hall–Kier alpha value is -1.88. The third kappa shape index (κ3) is 3.07. The molecule has 0 aromatic carbocycles. The molecule has 0 saturated carbocycles. The molecule has 0 atom stereocenters. The SMILES string of the molecule is O=C(O)N1CCC(O)(C=Cc2ccncc2)CC1. The molecule has 1 aromatic rings. The summed E-state index contributed by atoms with van der Waals surface area (Å²) in [7, 11) is 0. The number of likely N-dealkylation sites (tertiary alicyclic amines) is 1. The number of nitrogens with zero attached hydrogens (tertiary/aromatic N) is 2. The summed E-state index contributed by atoms with van der Waals surface area (Å²) in [5, 5.41) is 19.1. The highest BCUT2D eigenvalue weighted by atomic mass is 16.4. The van der Waals surface area contributed by atoms with Gasteiger partial charge in [0.1, 0.15) is 0 Å². The normalized spacial score (nSPS) is 19.1. The fraction of sp³-hybridized carbons (Fsp3) is 0.385. The number of piperidine rings is 1. The van der Waals surface area contributed by atoms with Crippen molar-refractivity contribution < 1.29 is 15.0 Å². The van der Waals surface area contributed by atoms with Crippen molar-refractivity contribution in [3.63, 3.8) is 0 Å². The van der Waals surface area contributed by atoms with Crippen LogP contribution in [-0.2, 0) is 0 Å². The highest BCUT2D eigenvalue weighted by molar-refractivity contribution is 5.65. The van der Waals surface area contributed by atoms with Crippen LogP contribution in [0, 0.1) is 0 Å². The maximum atomic E-state index is 10.8. The Kier molecular flexibility index (Phi) is 3.62. The van der Waals surface area contributed by atoms with Crippen molar-refractivity contribution in [1.82, 2.24) is 9.88 Å². The number of amides is 1. The molecule has 5 nitrogen and oxygen atoms in total. The van der Waals surface area contributed by atoms with E-state index in [4.69, 9.17) is 5.11 Å². The molecule has 96 valence electrons.